The molecular formula is C20H28BrNO4S. The van der Waals surface area contributed by atoms with Gasteiger partial charge in [-0.1, -0.05) is 45.1 Å². The van der Waals surface area contributed by atoms with E-state index in [1.54, 1.807) is 30.0 Å². The molecule has 1 rings (SSSR count). The van der Waals surface area contributed by atoms with Gasteiger partial charge < -0.3 is 14.7 Å². The van der Waals surface area contributed by atoms with Gasteiger partial charge in [-0.05, 0) is 41.8 Å². The van der Waals surface area contributed by atoms with E-state index in [1.807, 2.05) is 39.8 Å². The fourth-order valence-electron chi connectivity index (χ4n) is 2.41. The van der Waals surface area contributed by atoms with Crippen LogP contribution >= 0.6 is 27.3 Å². The van der Waals surface area contributed by atoms with Crippen molar-refractivity contribution >= 4 is 44.8 Å². The highest BCUT2D eigenvalue weighted by atomic mass is 79.9. The zero-order valence-electron chi connectivity index (χ0n) is 16.6. The maximum Gasteiger partial charge on any atom is 0.350 e. The SMILES string of the molecule is COC(=O)c1sc(Br)cc1N(C(=O)C(C)/C=C/C(C)C)C(C)/C=C/C(C)O. The van der Waals surface area contributed by atoms with Crippen LogP contribution in [-0.2, 0) is 9.53 Å². The van der Waals surface area contributed by atoms with E-state index < -0.39 is 12.1 Å². The van der Waals surface area contributed by atoms with Crippen molar-refractivity contribution in [2.24, 2.45) is 11.8 Å². The minimum atomic E-state index is -0.628. The van der Waals surface area contributed by atoms with Crippen LogP contribution in [0.4, 0.5) is 5.69 Å². The normalized spacial score (nSPS) is 15.3. The molecule has 0 spiro atoms. The van der Waals surface area contributed by atoms with Gasteiger partial charge >= 0.3 is 5.97 Å². The summed E-state index contributed by atoms with van der Waals surface area (Å²) in [7, 11) is 1.32. The molecule has 0 aliphatic heterocycles. The smallest absolute Gasteiger partial charge is 0.350 e. The van der Waals surface area contributed by atoms with Crippen LogP contribution in [0.15, 0.2) is 34.2 Å². The minimum absolute atomic E-state index is 0.134. The van der Waals surface area contributed by atoms with Gasteiger partial charge in [-0.15, -0.1) is 11.3 Å². The van der Waals surface area contributed by atoms with E-state index >= 15 is 0 Å². The molecule has 7 heteroatoms. The summed E-state index contributed by atoms with van der Waals surface area (Å²) in [5.41, 5.74) is 0.497. The molecule has 1 amide bonds. The van der Waals surface area contributed by atoms with E-state index in [4.69, 9.17) is 4.74 Å². The number of allylic oxidation sites excluding steroid dienone is 1. The third-order valence-electron chi connectivity index (χ3n) is 3.80. The van der Waals surface area contributed by atoms with Gasteiger partial charge in [0.2, 0.25) is 5.91 Å². The van der Waals surface area contributed by atoms with Gasteiger partial charge in [-0.25, -0.2) is 4.79 Å². The molecule has 1 heterocycles. The Hall–Kier alpha value is -1.44. The Labute approximate surface area is 173 Å². The third kappa shape index (κ3) is 6.90. The van der Waals surface area contributed by atoms with Crippen molar-refractivity contribution in [1.29, 1.82) is 0 Å². The summed E-state index contributed by atoms with van der Waals surface area (Å²) in [5.74, 6) is -0.651. The molecule has 5 nitrogen and oxygen atoms in total. The highest BCUT2D eigenvalue weighted by Crippen LogP contribution is 2.36. The molecule has 1 N–H and O–H groups in total. The number of carbonyl (C=O) groups is 2. The number of halogens is 1. The molecule has 1 aromatic heterocycles. The lowest BCUT2D eigenvalue weighted by molar-refractivity contribution is -0.120. The van der Waals surface area contributed by atoms with Crippen LogP contribution in [0.1, 0.15) is 44.3 Å². The second kappa shape index (κ2) is 10.8. The Morgan fingerprint density at radius 2 is 1.78 bits per heavy atom. The van der Waals surface area contributed by atoms with Crippen molar-refractivity contribution in [3.05, 3.63) is 39.0 Å². The summed E-state index contributed by atoms with van der Waals surface area (Å²) >= 11 is 4.62. The minimum Gasteiger partial charge on any atom is -0.465 e. The van der Waals surface area contributed by atoms with E-state index in [9.17, 15) is 14.7 Å². The number of carbonyl (C=O) groups excluding carboxylic acids is 2. The zero-order valence-corrected chi connectivity index (χ0v) is 19.0. The van der Waals surface area contributed by atoms with Gasteiger partial charge in [0.25, 0.3) is 0 Å². The number of hydrogen-bond acceptors (Lipinski definition) is 5. The first-order valence-electron chi connectivity index (χ1n) is 8.83. The topological polar surface area (TPSA) is 66.8 Å². The van der Waals surface area contributed by atoms with Crippen LogP contribution in [0.25, 0.3) is 0 Å². The third-order valence-corrected chi connectivity index (χ3v) is 5.41. The number of hydrogen-bond donors (Lipinski definition) is 1. The molecule has 0 fully saturated rings. The Bertz CT molecular complexity index is 709. The van der Waals surface area contributed by atoms with E-state index in [2.05, 4.69) is 15.9 Å². The van der Waals surface area contributed by atoms with Crippen molar-refractivity contribution in [2.75, 3.05) is 12.0 Å². The average Bonchev–Trinajstić information content (AvgIpc) is 2.98. The number of thiophene rings is 1. The lowest BCUT2D eigenvalue weighted by atomic mass is 10.0. The van der Waals surface area contributed by atoms with E-state index in [0.717, 1.165) is 3.79 Å². The van der Waals surface area contributed by atoms with Gasteiger partial charge in [0.05, 0.1) is 34.6 Å². The number of amides is 1. The lowest BCUT2D eigenvalue weighted by Crippen LogP contribution is -2.41. The van der Waals surface area contributed by atoms with Gasteiger partial charge in [-0.2, -0.15) is 0 Å². The quantitative estimate of drug-likeness (QED) is 0.449. The summed E-state index contributed by atoms with van der Waals surface area (Å²) in [6.07, 6.45) is 6.62. The number of nitrogens with zero attached hydrogens (tertiary/aromatic N) is 1. The van der Waals surface area contributed by atoms with Crippen molar-refractivity contribution < 1.29 is 19.4 Å². The van der Waals surface area contributed by atoms with Gasteiger partial charge in [-0.3, -0.25) is 4.79 Å². The van der Waals surface area contributed by atoms with E-state index in [-0.39, 0.29) is 17.9 Å². The molecule has 3 atom stereocenters. The number of rotatable bonds is 8. The van der Waals surface area contributed by atoms with Crippen LogP contribution in [0, 0.1) is 11.8 Å². The average molecular weight is 458 g/mol. The summed E-state index contributed by atoms with van der Waals surface area (Å²) < 4.78 is 5.61. The standard InChI is InChI=1S/C20H28BrNO4S/c1-12(2)7-8-13(3)19(24)22(14(4)9-10-15(5)23)16-11-17(21)27-18(16)20(25)26-6/h7-15,23H,1-6H3/b8-7+,10-9+. The molecule has 0 aliphatic carbocycles. The first-order valence-corrected chi connectivity index (χ1v) is 10.4. The molecular weight excluding hydrogens is 430 g/mol. The molecule has 0 radical (unpaired) electrons. The van der Waals surface area contributed by atoms with Crippen molar-refractivity contribution in [1.82, 2.24) is 0 Å². The highest BCUT2D eigenvalue weighted by Gasteiger charge is 2.30. The van der Waals surface area contributed by atoms with Gasteiger partial charge in [0.15, 0.2) is 0 Å². The Kier molecular flexibility index (Phi) is 9.42. The summed E-state index contributed by atoms with van der Waals surface area (Å²) in [6, 6.07) is 1.40. The molecule has 0 aliphatic rings. The van der Waals surface area contributed by atoms with Crippen LogP contribution in [0.5, 0.6) is 0 Å². The second-order valence-corrected chi connectivity index (χ2v) is 9.18. The molecule has 0 saturated carbocycles. The monoisotopic (exact) mass is 457 g/mol. The molecule has 0 saturated heterocycles. The molecule has 0 bridgehead atoms. The molecule has 150 valence electrons. The maximum atomic E-state index is 13.2. The molecule has 1 aromatic rings. The van der Waals surface area contributed by atoms with Crippen molar-refractivity contribution in [3.8, 4) is 0 Å². The second-order valence-electron chi connectivity index (χ2n) is 6.75. The van der Waals surface area contributed by atoms with Gasteiger partial charge in [0, 0.05) is 0 Å². The van der Waals surface area contributed by atoms with E-state index in [1.165, 1.54) is 18.4 Å². The van der Waals surface area contributed by atoms with Crippen LogP contribution < -0.4 is 4.90 Å². The van der Waals surface area contributed by atoms with Crippen LogP contribution in [-0.4, -0.2) is 36.2 Å². The molecule has 0 aromatic carbocycles. The number of aliphatic hydroxyl groups is 1. The zero-order chi connectivity index (χ0) is 20.7. The number of ether oxygens (including phenoxy) is 1. The molecule has 3 unspecified atom stereocenters. The Balaban J connectivity index is 3.39. The number of anilines is 1. The number of aliphatic hydroxyl groups excluding tert-OH is 1. The number of methoxy groups -OCH3 is 1. The first-order chi connectivity index (χ1) is 12.6. The number of esters is 1. The highest BCUT2D eigenvalue weighted by molar-refractivity contribution is 9.11. The van der Waals surface area contributed by atoms with Crippen LogP contribution in [0.3, 0.4) is 0 Å². The predicted molar refractivity (Wildman–Crippen MR) is 114 cm³/mol. The van der Waals surface area contributed by atoms with Crippen molar-refractivity contribution in [2.45, 2.75) is 46.8 Å². The maximum absolute atomic E-state index is 13.2. The summed E-state index contributed by atoms with van der Waals surface area (Å²) in [5, 5.41) is 9.55. The largest absolute Gasteiger partial charge is 0.465 e. The fraction of sp³-hybridized carbons (Fsp3) is 0.500. The Morgan fingerprint density at radius 1 is 1.15 bits per heavy atom. The Morgan fingerprint density at radius 3 is 2.30 bits per heavy atom. The summed E-state index contributed by atoms with van der Waals surface area (Å²) in [6.45, 7) is 9.42. The van der Waals surface area contributed by atoms with Crippen LogP contribution in [0.2, 0.25) is 0 Å². The van der Waals surface area contributed by atoms with Crippen molar-refractivity contribution in [3.63, 3.8) is 0 Å². The van der Waals surface area contributed by atoms with Gasteiger partial charge in [0.1, 0.15) is 4.88 Å². The first kappa shape index (κ1) is 23.6. The summed E-state index contributed by atoms with van der Waals surface area (Å²) in [4.78, 5) is 27.4. The molecule has 27 heavy (non-hydrogen) atoms. The predicted octanol–water partition coefficient (Wildman–Crippen LogP) is 4.80. The lowest BCUT2D eigenvalue weighted by Gasteiger charge is -2.29. The van der Waals surface area contributed by atoms with E-state index in [0.29, 0.717) is 16.5 Å². The fourth-order valence-corrected chi connectivity index (χ4v) is 3.90.